The molecular formula is C12H12ClIN2O3. The number of hydrogen-bond acceptors (Lipinski definition) is 2. The SMILES string of the molecule is O=C(NCC1(C(=O)O)CC1)Nc1ccc(I)cc1Cl. The number of urea groups is 1. The fourth-order valence-electron chi connectivity index (χ4n) is 1.62. The maximum absolute atomic E-state index is 11.7. The van der Waals surface area contributed by atoms with Gasteiger partial charge in [-0.3, -0.25) is 4.79 Å². The average Bonchev–Trinajstić information content (AvgIpc) is 3.11. The summed E-state index contributed by atoms with van der Waals surface area (Å²) < 4.78 is 0.969. The van der Waals surface area contributed by atoms with Gasteiger partial charge in [-0.2, -0.15) is 0 Å². The molecule has 0 aromatic heterocycles. The minimum absolute atomic E-state index is 0.135. The zero-order chi connectivity index (χ0) is 14.0. The van der Waals surface area contributed by atoms with Crippen molar-refractivity contribution in [1.29, 1.82) is 0 Å². The molecule has 2 amide bonds. The largest absolute Gasteiger partial charge is 0.481 e. The molecule has 0 aliphatic heterocycles. The summed E-state index contributed by atoms with van der Waals surface area (Å²) in [6.45, 7) is 0.135. The van der Waals surface area contributed by atoms with Crippen molar-refractivity contribution in [2.45, 2.75) is 12.8 Å². The molecule has 7 heteroatoms. The highest BCUT2D eigenvalue weighted by Gasteiger charge is 2.50. The Morgan fingerprint density at radius 1 is 1.42 bits per heavy atom. The van der Waals surface area contributed by atoms with Crippen LogP contribution in [0.25, 0.3) is 0 Å². The molecule has 2 rings (SSSR count). The number of carboxylic acids is 1. The number of carboxylic acid groups (broad SMARTS) is 1. The monoisotopic (exact) mass is 394 g/mol. The summed E-state index contributed by atoms with van der Waals surface area (Å²) in [6.07, 6.45) is 1.21. The van der Waals surface area contributed by atoms with Crippen LogP contribution in [0.1, 0.15) is 12.8 Å². The Kier molecular flexibility index (Phi) is 4.19. The molecule has 1 saturated carbocycles. The van der Waals surface area contributed by atoms with Gasteiger partial charge in [0.15, 0.2) is 0 Å². The summed E-state index contributed by atoms with van der Waals surface area (Å²) in [4.78, 5) is 22.6. The molecule has 0 saturated heterocycles. The number of benzene rings is 1. The summed E-state index contributed by atoms with van der Waals surface area (Å²) in [5.41, 5.74) is -0.271. The predicted octanol–water partition coefficient (Wildman–Crippen LogP) is 2.93. The number of halogens is 2. The topological polar surface area (TPSA) is 78.4 Å². The summed E-state index contributed by atoms with van der Waals surface area (Å²) in [5.74, 6) is -0.861. The molecule has 102 valence electrons. The van der Waals surface area contributed by atoms with Gasteiger partial charge in [0.25, 0.3) is 0 Å². The van der Waals surface area contributed by atoms with Crippen LogP contribution in [0.15, 0.2) is 18.2 Å². The van der Waals surface area contributed by atoms with Crippen LogP contribution in [-0.4, -0.2) is 23.7 Å². The number of carbonyl (C=O) groups is 2. The number of carbonyl (C=O) groups excluding carboxylic acids is 1. The molecule has 19 heavy (non-hydrogen) atoms. The summed E-state index contributed by atoms with van der Waals surface area (Å²) in [6, 6.07) is 4.81. The van der Waals surface area contributed by atoms with Crippen LogP contribution in [0.2, 0.25) is 5.02 Å². The van der Waals surface area contributed by atoms with Gasteiger partial charge in [0.2, 0.25) is 0 Å². The molecule has 1 aliphatic carbocycles. The minimum Gasteiger partial charge on any atom is -0.481 e. The highest BCUT2D eigenvalue weighted by molar-refractivity contribution is 14.1. The highest BCUT2D eigenvalue weighted by atomic mass is 127. The van der Waals surface area contributed by atoms with Gasteiger partial charge in [-0.05, 0) is 53.6 Å². The second-order valence-corrected chi connectivity index (χ2v) is 6.17. The lowest BCUT2D eigenvalue weighted by Gasteiger charge is -2.12. The Hall–Kier alpha value is -1.02. The van der Waals surface area contributed by atoms with Gasteiger partial charge in [-0.15, -0.1) is 0 Å². The molecule has 1 aromatic carbocycles. The quantitative estimate of drug-likeness (QED) is 0.687. The Balaban J connectivity index is 1.89. The van der Waals surface area contributed by atoms with Gasteiger partial charge in [0, 0.05) is 10.1 Å². The number of amides is 2. The van der Waals surface area contributed by atoms with Crippen molar-refractivity contribution >= 4 is 51.9 Å². The molecule has 0 heterocycles. The second-order valence-electron chi connectivity index (χ2n) is 4.52. The standard InChI is InChI=1S/C12H12ClIN2O3/c13-8-5-7(14)1-2-9(8)16-11(19)15-6-12(3-4-12)10(17)18/h1-2,5H,3-4,6H2,(H,17,18)(H2,15,16,19). The van der Waals surface area contributed by atoms with E-state index in [1.807, 2.05) is 6.07 Å². The van der Waals surface area contributed by atoms with Gasteiger partial charge in [0.05, 0.1) is 16.1 Å². The summed E-state index contributed by atoms with van der Waals surface area (Å²) >= 11 is 8.11. The fraction of sp³-hybridized carbons (Fsp3) is 0.333. The number of hydrogen-bond donors (Lipinski definition) is 3. The zero-order valence-corrected chi connectivity index (χ0v) is 12.8. The van der Waals surface area contributed by atoms with E-state index in [0.29, 0.717) is 23.6 Å². The lowest BCUT2D eigenvalue weighted by atomic mass is 10.1. The molecule has 5 nitrogen and oxygen atoms in total. The van der Waals surface area contributed by atoms with E-state index in [9.17, 15) is 9.59 Å². The van der Waals surface area contributed by atoms with Gasteiger partial charge >= 0.3 is 12.0 Å². The van der Waals surface area contributed by atoms with Gasteiger partial charge in [-0.1, -0.05) is 11.6 Å². The molecule has 0 unspecified atom stereocenters. The van der Waals surface area contributed by atoms with Crippen LogP contribution in [0.5, 0.6) is 0 Å². The third-order valence-corrected chi connectivity index (χ3v) is 4.06. The maximum Gasteiger partial charge on any atom is 0.319 e. The Morgan fingerprint density at radius 2 is 2.11 bits per heavy atom. The molecule has 0 radical (unpaired) electrons. The number of nitrogens with one attached hydrogen (secondary N) is 2. The smallest absolute Gasteiger partial charge is 0.319 e. The Bertz CT molecular complexity index is 532. The first-order valence-corrected chi connectivity index (χ1v) is 7.12. The van der Waals surface area contributed by atoms with Crippen LogP contribution < -0.4 is 10.6 Å². The van der Waals surface area contributed by atoms with Crippen molar-refractivity contribution in [3.8, 4) is 0 Å². The van der Waals surface area contributed by atoms with E-state index in [1.165, 1.54) is 0 Å². The second kappa shape index (κ2) is 5.54. The van der Waals surface area contributed by atoms with E-state index in [0.717, 1.165) is 3.57 Å². The molecule has 3 N–H and O–H groups in total. The van der Waals surface area contributed by atoms with Crippen LogP contribution in [-0.2, 0) is 4.79 Å². The van der Waals surface area contributed by atoms with E-state index in [-0.39, 0.29) is 6.54 Å². The maximum atomic E-state index is 11.7. The number of anilines is 1. The van der Waals surface area contributed by atoms with Crippen molar-refractivity contribution in [3.63, 3.8) is 0 Å². The van der Waals surface area contributed by atoms with Gasteiger partial charge < -0.3 is 15.7 Å². The third kappa shape index (κ3) is 3.50. The predicted molar refractivity (Wildman–Crippen MR) is 80.5 cm³/mol. The first kappa shape index (κ1) is 14.4. The van der Waals surface area contributed by atoms with Crippen molar-refractivity contribution in [2.24, 2.45) is 5.41 Å². The molecule has 0 spiro atoms. The van der Waals surface area contributed by atoms with E-state index in [1.54, 1.807) is 12.1 Å². The first-order valence-electron chi connectivity index (χ1n) is 5.66. The number of rotatable bonds is 4. The van der Waals surface area contributed by atoms with E-state index in [4.69, 9.17) is 16.7 Å². The molecule has 1 aliphatic rings. The van der Waals surface area contributed by atoms with Crippen LogP contribution in [0, 0.1) is 8.99 Å². The summed E-state index contributed by atoms with van der Waals surface area (Å²) in [5, 5.41) is 14.6. The Morgan fingerprint density at radius 3 is 2.63 bits per heavy atom. The van der Waals surface area contributed by atoms with Crippen LogP contribution in [0.3, 0.4) is 0 Å². The van der Waals surface area contributed by atoms with E-state index >= 15 is 0 Å². The molecule has 1 aromatic rings. The molecule has 1 fully saturated rings. The van der Waals surface area contributed by atoms with Crippen molar-refractivity contribution in [2.75, 3.05) is 11.9 Å². The lowest BCUT2D eigenvalue weighted by molar-refractivity contribution is -0.143. The van der Waals surface area contributed by atoms with Crippen LogP contribution >= 0.6 is 34.2 Å². The molecule has 0 atom stereocenters. The van der Waals surface area contributed by atoms with E-state index in [2.05, 4.69) is 33.2 Å². The van der Waals surface area contributed by atoms with Crippen molar-refractivity contribution < 1.29 is 14.7 Å². The van der Waals surface area contributed by atoms with Crippen molar-refractivity contribution in [3.05, 3.63) is 26.8 Å². The normalized spacial score (nSPS) is 15.7. The van der Waals surface area contributed by atoms with Crippen LogP contribution in [0.4, 0.5) is 10.5 Å². The molecule has 0 bridgehead atoms. The number of aliphatic carboxylic acids is 1. The highest BCUT2D eigenvalue weighted by Crippen LogP contribution is 2.45. The van der Waals surface area contributed by atoms with Gasteiger partial charge in [0.1, 0.15) is 0 Å². The van der Waals surface area contributed by atoms with E-state index < -0.39 is 17.4 Å². The van der Waals surface area contributed by atoms with Gasteiger partial charge in [-0.25, -0.2) is 4.79 Å². The minimum atomic E-state index is -0.861. The lowest BCUT2D eigenvalue weighted by Crippen LogP contribution is -2.36. The van der Waals surface area contributed by atoms with Crippen molar-refractivity contribution in [1.82, 2.24) is 5.32 Å². The third-order valence-electron chi connectivity index (χ3n) is 3.07. The first-order chi connectivity index (χ1) is 8.93. The Labute approximate surface area is 128 Å². The fourth-order valence-corrected chi connectivity index (χ4v) is 2.53. The summed E-state index contributed by atoms with van der Waals surface area (Å²) in [7, 11) is 0. The zero-order valence-electron chi connectivity index (χ0n) is 9.87. The average molecular weight is 395 g/mol. The molecular weight excluding hydrogens is 382 g/mol.